The highest BCUT2D eigenvalue weighted by Gasteiger charge is 2.27. The lowest BCUT2D eigenvalue weighted by molar-refractivity contribution is -0.139. The zero-order valence-corrected chi connectivity index (χ0v) is 12.1. The highest BCUT2D eigenvalue weighted by atomic mass is 32.2. The van der Waals surface area contributed by atoms with E-state index in [2.05, 4.69) is 30.4 Å². The minimum atomic E-state index is -0.719. The normalized spacial score (nSPS) is 16.3. The molecule has 104 valence electrons. The topological polar surface area (TPSA) is 49.3 Å². The molecular formula is C15H21NO2S. The molecule has 2 rings (SSSR count). The van der Waals surface area contributed by atoms with E-state index in [-0.39, 0.29) is 6.04 Å². The van der Waals surface area contributed by atoms with Crippen LogP contribution in [0.4, 0.5) is 0 Å². The Morgan fingerprint density at radius 2 is 2.21 bits per heavy atom. The first-order chi connectivity index (χ1) is 9.16. The van der Waals surface area contributed by atoms with Crippen molar-refractivity contribution >= 4 is 17.7 Å². The minimum absolute atomic E-state index is 0.378. The fraction of sp³-hybridized carbons (Fsp3) is 0.533. The van der Waals surface area contributed by atoms with Crippen LogP contribution in [0.5, 0.6) is 0 Å². The molecule has 0 bridgehead atoms. The second kappa shape index (κ2) is 6.96. The monoisotopic (exact) mass is 279 g/mol. The number of carboxylic acids is 1. The number of aryl methyl sites for hydroxylation is 1. The van der Waals surface area contributed by atoms with Gasteiger partial charge in [0.05, 0.1) is 0 Å². The van der Waals surface area contributed by atoms with Crippen LogP contribution in [0.2, 0.25) is 0 Å². The molecule has 2 N–H and O–H groups in total. The number of hydrogen-bond acceptors (Lipinski definition) is 3. The third-order valence-electron chi connectivity index (χ3n) is 3.38. The molecule has 3 nitrogen and oxygen atoms in total. The zero-order valence-electron chi connectivity index (χ0n) is 11.3. The molecule has 19 heavy (non-hydrogen) atoms. The molecule has 1 fully saturated rings. The van der Waals surface area contributed by atoms with E-state index in [1.165, 1.54) is 11.1 Å². The Balaban J connectivity index is 1.70. The third kappa shape index (κ3) is 4.88. The summed E-state index contributed by atoms with van der Waals surface area (Å²) in [5.74, 6) is 1.12. The number of aliphatic carboxylic acids is 1. The van der Waals surface area contributed by atoms with E-state index >= 15 is 0 Å². The van der Waals surface area contributed by atoms with Gasteiger partial charge in [-0.3, -0.25) is 4.79 Å². The maximum atomic E-state index is 11.1. The van der Waals surface area contributed by atoms with E-state index in [1.807, 2.05) is 17.8 Å². The molecule has 0 amide bonds. The summed E-state index contributed by atoms with van der Waals surface area (Å²) in [7, 11) is 0. The zero-order chi connectivity index (χ0) is 13.7. The Hall–Kier alpha value is -1.00. The molecule has 0 aromatic heterocycles. The average Bonchev–Trinajstić information content (AvgIpc) is 3.18. The van der Waals surface area contributed by atoms with Crippen molar-refractivity contribution in [2.75, 3.05) is 5.75 Å². The molecule has 1 saturated carbocycles. The summed E-state index contributed by atoms with van der Waals surface area (Å²) in [4.78, 5) is 11.1. The van der Waals surface area contributed by atoms with Gasteiger partial charge in [0.25, 0.3) is 0 Å². The summed E-state index contributed by atoms with van der Waals surface area (Å²) in [6.07, 6.45) is 2.95. The maximum absolute atomic E-state index is 11.1. The molecule has 0 heterocycles. The van der Waals surface area contributed by atoms with Gasteiger partial charge in [-0.2, -0.15) is 11.8 Å². The standard InChI is InChI=1S/C15H21NO2S/c1-11-4-2-3-5-12(11)10-19-9-8-14(15(17)18)16-13-6-7-13/h2-5,13-14,16H,6-10H2,1H3,(H,17,18). The molecule has 0 aliphatic heterocycles. The number of carboxylic acid groups (broad SMARTS) is 1. The molecule has 1 aliphatic rings. The van der Waals surface area contributed by atoms with Crippen molar-refractivity contribution in [3.8, 4) is 0 Å². The Morgan fingerprint density at radius 1 is 1.47 bits per heavy atom. The molecule has 0 radical (unpaired) electrons. The lowest BCUT2D eigenvalue weighted by atomic mass is 10.1. The average molecular weight is 279 g/mol. The summed E-state index contributed by atoms with van der Waals surface area (Å²) in [5, 5.41) is 12.3. The summed E-state index contributed by atoms with van der Waals surface area (Å²) in [6.45, 7) is 2.12. The first-order valence-electron chi connectivity index (χ1n) is 6.78. The molecule has 4 heteroatoms. The van der Waals surface area contributed by atoms with Gasteiger partial charge in [0, 0.05) is 11.8 Å². The van der Waals surface area contributed by atoms with Gasteiger partial charge in [-0.25, -0.2) is 0 Å². The van der Waals surface area contributed by atoms with Gasteiger partial charge < -0.3 is 10.4 Å². The smallest absolute Gasteiger partial charge is 0.320 e. The van der Waals surface area contributed by atoms with Crippen LogP contribution in [0.1, 0.15) is 30.4 Å². The number of carbonyl (C=O) groups is 1. The van der Waals surface area contributed by atoms with Crippen LogP contribution in [0.15, 0.2) is 24.3 Å². The highest BCUT2D eigenvalue weighted by molar-refractivity contribution is 7.98. The summed E-state index contributed by atoms with van der Waals surface area (Å²) in [5.41, 5.74) is 2.65. The first kappa shape index (κ1) is 14.4. The van der Waals surface area contributed by atoms with Crippen molar-refractivity contribution in [3.63, 3.8) is 0 Å². The van der Waals surface area contributed by atoms with Gasteiger partial charge in [0.2, 0.25) is 0 Å². The van der Waals surface area contributed by atoms with Gasteiger partial charge in [-0.1, -0.05) is 24.3 Å². The predicted molar refractivity (Wildman–Crippen MR) is 79.5 cm³/mol. The van der Waals surface area contributed by atoms with Gasteiger partial charge in [-0.15, -0.1) is 0 Å². The van der Waals surface area contributed by atoms with Crippen molar-refractivity contribution in [1.82, 2.24) is 5.32 Å². The van der Waals surface area contributed by atoms with Crippen molar-refractivity contribution in [3.05, 3.63) is 35.4 Å². The Labute approximate surface area is 118 Å². The first-order valence-corrected chi connectivity index (χ1v) is 7.93. The van der Waals surface area contributed by atoms with Crippen molar-refractivity contribution in [2.45, 2.75) is 44.0 Å². The van der Waals surface area contributed by atoms with Gasteiger partial charge >= 0.3 is 5.97 Å². The van der Waals surface area contributed by atoms with Gasteiger partial charge in [0.15, 0.2) is 0 Å². The number of hydrogen-bond donors (Lipinski definition) is 2. The summed E-state index contributed by atoms with van der Waals surface area (Å²) in [6, 6.07) is 8.42. The van der Waals surface area contributed by atoms with Crippen LogP contribution in [0.3, 0.4) is 0 Å². The number of thioether (sulfide) groups is 1. The van der Waals surface area contributed by atoms with Crippen LogP contribution in [-0.2, 0) is 10.5 Å². The summed E-state index contributed by atoms with van der Waals surface area (Å²) >= 11 is 1.81. The van der Waals surface area contributed by atoms with Gasteiger partial charge in [0.1, 0.15) is 6.04 Å². The molecule has 1 aromatic carbocycles. The molecule has 1 aromatic rings. The molecule has 0 spiro atoms. The van der Waals surface area contributed by atoms with Crippen molar-refractivity contribution in [1.29, 1.82) is 0 Å². The molecule has 1 atom stereocenters. The van der Waals surface area contributed by atoms with Crippen LogP contribution in [-0.4, -0.2) is 28.9 Å². The van der Waals surface area contributed by atoms with E-state index in [1.54, 1.807) is 0 Å². The van der Waals surface area contributed by atoms with Crippen LogP contribution >= 0.6 is 11.8 Å². The van der Waals surface area contributed by atoms with E-state index in [0.717, 1.165) is 24.3 Å². The lowest BCUT2D eigenvalue weighted by Crippen LogP contribution is -2.38. The summed E-state index contributed by atoms with van der Waals surface area (Å²) < 4.78 is 0. The number of rotatable bonds is 8. The lowest BCUT2D eigenvalue weighted by Gasteiger charge is -2.13. The maximum Gasteiger partial charge on any atom is 0.320 e. The van der Waals surface area contributed by atoms with Crippen molar-refractivity contribution in [2.24, 2.45) is 0 Å². The van der Waals surface area contributed by atoms with Crippen LogP contribution in [0, 0.1) is 6.92 Å². The number of benzene rings is 1. The van der Waals surface area contributed by atoms with Crippen molar-refractivity contribution < 1.29 is 9.90 Å². The second-order valence-corrected chi connectivity index (χ2v) is 6.20. The highest BCUT2D eigenvalue weighted by Crippen LogP contribution is 2.21. The molecular weight excluding hydrogens is 258 g/mol. The Bertz CT molecular complexity index is 432. The predicted octanol–water partition coefficient (Wildman–Crippen LogP) is 2.82. The second-order valence-electron chi connectivity index (χ2n) is 5.10. The van der Waals surface area contributed by atoms with E-state index in [0.29, 0.717) is 12.5 Å². The molecule has 1 unspecified atom stereocenters. The molecule has 0 saturated heterocycles. The van der Waals surface area contributed by atoms with E-state index in [9.17, 15) is 4.79 Å². The fourth-order valence-electron chi connectivity index (χ4n) is 1.97. The van der Waals surface area contributed by atoms with E-state index < -0.39 is 5.97 Å². The quantitative estimate of drug-likeness (QED) is 0.718. The van der Waals surface area contributed by atoms with Crippen LogP contribution in [0.25, 0.3) is 0 Å². The largest absolute Gasteiger partial charge is 0.480 e. The van der Waals surface area contributed by atoms with Crippen LogP contribution < -0.4 is 5.32 Å². The minimum Gasteiger partial charge on any atom is -0.480 e. The Morgan fingerprint density at radius 3 is 2.84 bits per heavy atom. The third-order valence-corrected chi connectivity index (χ3v) is 4.42. The van der Waals surface area contributed by atoms with E-state index in [4.69, 9.17) is 5.11 Å². The molecule has 1 aliphatic carbocycles. The fourth-order valence-corrected chi connectivity index (χ4v) is 3.06. The SMILES string of the molecule is Cc1ccccc1CSCCC(NC1CC1)C(=O)O. The number of nitrogens with one attached hydrogen (secondary N) is 1. The van der Waals surface area contributed by atoms with Gasteiger partial charge in [-0.05, 0) is 43.1 Å². The Kier molecular flexibility index (Phi) is 5.28.